The summed E-state index contributed by atoms with van der Waals surface area (Å²) in [6, 6.07) is 22.0. The van der Waals surface area contributed by atoms with Crippen molar-refractivity contribution in [2.24, 2.45) is 0 Å². The molecule has 1 aliphatic carbocycles. The second-order valence-electron chi connectivity index (χ2n) is 8.61. The first kappa shape index (κ1) is 21.4. The Morgan fingerprint density at radius 3 is 2.42 bits per heavy atom. The van der Waals surface area contributed by atoms with Crippen molar-refractivity contribution in [1.82, 2.24) is 10.2 Å². The van der Waals surface area contributed by atoms with Crippen LogP contribution in [0.25, 0.3) is 32.4 Å². The maximum absolute atomic E-state index is 12.9. The highest BCUT2D eigenvalue weighted by Crippen LogP contribution is 2.39. The van der Waals surface area contributed by atoms with Crippen molar-refractivity contribution >= 4 is 32.4 Å². The molecule has 0 aliphatic heterocycles. The Bertz CT molecular complexity index is 1390. The minimum atomic E-state index is -4.30. The van der Waals surface area contributed by atoms with Gasteiger partial charge in [-0.1, -0.05) is 55.5 Å². The molecule has 0 spiro atoms. The smallest absolute Gasteiger partial charge is 0.166 e. The second-order valence-corrected chi connectivity index (χ2v) is 8.61. The number of hydrogen-bond acceptors (Lipinski definition) is 2. The number of fused-ring (bicyclic) bond motifs is 6. The van der Waals surface area contributed by atoms with E-state index in [0.717, 1.165) is 28.1 Å². The average Bonchev–Trinajstić information content (AvgIpc) is 2.83. The Labute approximate surface area is 190 Å². The molecule has 2 nitrogen and oxygen atoms in total. The molecule has 0 amide bonds. The topological polar surface area (TPSA) is 25.8 Å². The molecule has 0 fully saturated rings. The number of nitrogens with zero attached hydrogens (tertiary/aromatic N) is 2. The number of hydrogen-bond donors (Lipinski definition) is 0. The van der Waals surface area contributed by atoms with Gasteiger partial charge in [-0.15, -0.1) is 0 Å². The lowest BCUT2D eigenvalue weighted by Crippen LogP contribution is -2.07. The van der Waals surface area contributed by atoms with Gasteiger partial charge in [-0.3, -0.25) is 0 Å². The van der Waals surface area contributed by atoms with Gasteiger partial charge in [-0.2, -0.15) is 23.4 Å². The summed E-state index contributed by atoms with van der Waals surface area (Å²) in [5.41, 5.74) is 3.14. The third kappa shape index (κ3) is 4.15. The van der Waals surface area contributed by atoms with Crippen LogP contribution in [0.15, 0.2) is 79.0 Å². The van der Waals surface area contributed by atoms with Crippen LogP contribution in [-0.4, -0.2) is 10.2 Å². The molecule has 166 valence electrons. The van der Waals surface area contributed by atoms with Crippen LogP contribution in [0.3, 0.4) is 0 Å². The number of rotatable bonds is 0. The molecule has 0 saturated heterocycles. The van der Waals surface area contributed by atoms with E-state index in [2.05, 4.69) is 29.3 Å². The molecule has 33 heavy (non-hydrogen) atoms. The summed E-state index contributed by atoms with van der Waals surface area (Å²) in [4.78, 5) is 0. The number of alkyl halides is 3. The lowest BCUT2D eigenvalue weighted by molar-refractivity contribution is -0.137. The fraction of sp³-hybridized carbons (Fsp3) is 0.214. The molecule has 1 aromatic heterocycles. The quantitative estimate of drug-likeness (QED) is 0.226. The van der Waals surface area contributed by atoms with Gasteiger partial charge in [0.15, 0.2) is 0 Å². The van der Waals surface area contributed by atoms with E-state index in [1.165, 1.54) is 41.5 Å². The van der Waals surface area contributed by atoms with Crippen LogP contribution in [0.1, 0.15) is 42.4 Å². The normalized spacial score (nSPS) is 15.8. The maximum Gasteiger partial charge on any atom is 0.416 e. The SMILES string of the molecule is CC1CCCc2c1ccc1c2ccc2cc(C(F)(F)F)ccc21.c1ccc2nnccc2c1. The highest BCUT2D eigenvalue weighted by molar-refractivity contribution is 6.09. The Morgan fingerprint density at radius 2 is 1.61 bits per heavy atom. The first-order valence-electron chi connectivity index (χ1n) is 11.1. The third-order valence-corrected chi connectivity index (χ3v) is 6.51. The van der Waals surface area contributed by atoms with Crippen molar-refractivity contribution in [1.29, 1.82) is 0 Å². The van der Waals surface area contributed by atoms with E-state index in [0.29, 0.717) is 11.3 Å². The number of benzene rings is 4. The second kappa shape index (κ2) is 8.47. The molecule has 1 heterocycles. The van der Waals surface area contributed by atoms with Crippen LogP contribution in [0.2, 0.25) is 0 Å². The number of aryl methyl sites for hydroxylation is 1. The van der Waals surface area contributed by atoms with Crippen molar-refractivity contribution in [2.45, 2.75) is 38.3 Å². The Kier molecular flexibility index (Phi) is 5.49. The monoisotopic (exact) mass is 444 g/mol. The van der Waals surface area contributed by atoms with Crippen LogP contribution in [0.4, 0.5) is 13.2 Å². The van der Waals surface area contributed by atoms with Gasteiger partial charge < -0.3 is 0 Å². The summed E-state index contributed by atoms with van der Waals surface area (Å²) < 4.78 is 38.7. The van der Waals surface area contributed by atoms with Crippen molar-refractivity contribution in [2.75, 3.05) is 0 Å². The van der Waals surface area contributed by atoms with E-state index in [4.69, 9.17) is 0 Å². The maximum atomic E-state index is 12.9. The molecule has 0 N–H and O–H groups in total. The summed E-state index contributed by atoms with van der Waals surface area (Å²) in [7, 11) is 0. The van der Waals surface area contributed by atoms with E-state index in [1.807, 2.05) is 42.5 Å². The van der Waals surface area contributed by atoms with E-state index >= 15 is 0 Å². The van der Waals surface area contributed by atoms with Gasteiger partial charge in [0, 0.05) is 5.39 Å². The fourth-order valence-corrected chi connectivity index (χ4v) is 4.81. The van der Waals surface area contributed by atoms with Crippen LogP contribution in [0, 0.1) is 0 Å². The zero-order valence-electron chi connectivity index (χ0n) is 18.2. The molecule has 6 rings (SSSR count). The van der Waals surface area contributed by atoms with Gasteiger partial charge >= 0.3 is 6.18 Å². The largest absolute Gasteiger partial charge is 0.416 e. The van der Waals surface area contributed by atoms with E-state index in [-0.39, 0.29) is 0 Å². The Balaban J connectivity index is 0.000000190. The minimum absolute atomic E-state index is 0.562. The molecular weight excluding hydrogens is 421 g/mol. The van der Waals surface area contributed by atoms with E-state index in [1.54, 1.807) is 12.3 Å². The summed E-state index contributed by atoms with van der Waals surface area (Å²) in [5, 5.41) is 12.6. The Morgan fingerprint density at radius 1 is 0.818 bits per heavy atom. The molecule has 1 unspecified atom stereocenters. The highest BCUT2D eigenvalue weighted by Gasteiger charge is 2.30. The molecule has 0 radical (unpaired) electrons. The van der Waals surface area contributed by atoms with E-state index < -0.39 is 11.7 Å². The molecule has 1 atom stereocenters. The van der Waals surface area contributed by atoms with Crippen molar-refractivity contribution in [3.8, 4) is 0 Å². The van der Waals surface area contributed by atoms with Gasteiger partial charge in [-0.05, 0) is 82.1 Å². The lowest BCUT2D eigenvalue weighted by Gasteiger charge is -2.24. The summed E-state index contributed by atoms with van der Waals surface area (Å²) in [6.45, 7) is 2.25. The molecule has 1 aliphatic rings. The predicted octanol–water partition coefficient (Wildman–Crippen LogP) is 8.08. The van der Waals surface area contributed by atoms with Gasteiger partial charge in [0.25, 0.3) is 0 Å². The molecule has 0 saturated carbocycles. The fourth-order valence-electron chi connectivity index (χ4n) is 4.81. The number of aromatic nitrogens is 2. The highest BCUT2D eigenvalue weighted by atomic mass is 19.4. The minimum Gasteiger partial charge on any atom is -0.166 e. The van der Waals surface area contributed by atoms with Crippen LogP contribution in [0.5, 0.6) is 0 Å². The van der Waals surface area contributed by atoms with Crippen LogP contribution >= 0.6 is 0 Å². The zero-order chi connectivity index (χ0) is 23.0. The number of halogens is 3. The van der Waals surface area contributed by atoms with E-state index in [9.17, 15) is 13.2 Å². The Hall–Kier alpha value is -3.47. The van der Waals surface area contributed by atoms with Gasteiger partial charge in [0.1, 0.15) is 0 Å². The summed E-state index contributed by atoms with van der Waals surface area (Å²) in [6.07, 6.45) is 0.847. The van der Waals surface area contributed by atoms with Crippen LogP contribution < -0.4 is 0 Å². The third-order valence-electron chi connectivity index (χ3n) is 6.51. The first-order valence-corrected chi connectivity index (χ1v) is 11.1. The zero-order valence-corrected chi connectivity index (χ0v) is 18.2. The molecule has 0 bridgehead atoms. The van der Waals surface area contributed by atoms with Gasteiger partial charge in [0.05, 0.1) is 17.3 Å². The molecular formula is C28H23F3N2. The predicted molar refractivity (Wildman–Crippen MR) is 127 cm³/mol. The lowest BCUT2D eigenvalue weighted by atomic mass is 9.81. The summed E-state index contributed by atoms with van der Waals surface area (Å²) >= 11 is 0. The van der Waals surface area contributed by atoms with Gasteiger partial charge in [-0.25, -0.2) is 0 Å². The molecule has 5 heteroatoms. The van der Waals surface area contributed by atoms with Crippen molar-refractivity contribution in [3.05, 3.63) is 95.7 Å². The molecule has 5 aromatic rings. The van der Waals surface area contributed by atoms with Crippen molar-refractivity contribution < 1.29 is 13.2 Å². The average molecular weight is 445 g/mol. The standard InChI is InChI=1S/C20H17F3.C8H6N2/c1-12-3-2-4-17-15(12)9-10-18-16-8-6-14(20(21,22)23)11-13(16)5-7-19(17)18;1-2-4-8-7(3-1)5-6-9-10-8/h5-12H,2-4H2,1H3;1-6H. The molecule has 4 aromatic carbocycles. The van der Waals surface area contributed by atoms with Gasteiger partial charge in [0.2, 0.25) is 0 Å². The first-order chi connectivity index (χ1) is 15.9. The van der Waals surface area contributed by atoms with Crippen LogP contribution in [-0.2, 0) is 12.6 Å². The summed E-state index contributed by atoms with van der Waals surface area (Å²) in [5.74, 6) is 0.562. The van der Waals surface area contributed by atoms with Crippen molar-refractivity contribution in [3.63, 3.8) is 0 Å².